The number of hydrogen-bond donors (Lipinski definition) is 1. The molecule has 0 amide bonds. The monoisotopic (exact) mass is 291 g/mol. The predicted molar refractivity (Wildman–Crippen MR) is 90.9 cm³/mol. The van der Waals surface area contributed by atoms with Gasteiger partial charge in [-0.15, -0.1) is 0 Å². The van der Waals surface area contributed by atoms with E-state index in [0.29, 0.717) is 5.92 Å². The van der Waals surface area contributed by atoms with Gasteiger partial charge in [-0.05, 0) is 44.5 Å². The summed E-state index contributed by atoms with van der Waals surface area (Å²) in [5.41, 5.74) is 4.81. The SMILES string of the molecule is Cc1ccc(-c2nc3ccccc3n2C[C@H]2CCNC2)cc1. The maximum atomic E-state index is 4.90. The van der Waals surface area contributed by atoms with Crippen molar-refractivity contribution in [3.8, 4) is 11.4 Å². The van der Waals surface area contributed by atoms with E-state index >= 15 is 0 Å². The highest BCUT2D eigenvalue weighted by Crippen LogP contribution is 2.27. The molecule has 0 aliphatic carbocycles. The van der Waals surface area contributed by atoms with Gasteiger partial charge in [0.2, 0.25) is 0 Å². The number of para-hydroxylation sites is 2. The first-order valence-corrected chi connectivity index (χ1v) is 8.04. The lowest BCUT2D eigenvalue weighted by molar-refractivity contribution is 0.492. The van der Waals surface area contributed by atoms with Crippen LogP contribution in [-0.2, 0) is 6.54 Å². The van der Waals surface area contributed by atoms with Gasteiger partial charge in [-0.3, -0.25) is 0 Å². The smallest absolute Gasteiger partial charge is 0.141 e. The van der Waals surface area contributed by atoms with Crippen LogP contribution in [0.1, 0.15) is 12.0 Å². The van der Waals surface area contributed by atoms with E-state index in [1.165, 1.54) is 23.1 Å². The molecule has 0 bridgehead atoms. The third kappa shape index (κ3) is 2.42. The van der Waals surface area contributed by atoms with E-state index in [1.54, 1.807) is 0 Å². The average Bonchev–Trinajstić information content (AvgIpc) is 3.17. The van der Waals surface area contributed by atoms with Gasteiger partial charge >= 0.3 is 0 Å². The Labute approximate surface area is 131 Å². The van der Waals surface area contributed by atoms with Gasteiger partial charge in [0, 0.05) is 12.1 Å². The topological polar surface area (TPSA) is 29.9 Å². The van der Waals surface area contributed by atoms with E-state index in [2.05, 4.69) is 65.3 Å². The Bertz CT molecular complexity index is 780. The number of aryl methyl sites for hydroxylation is 1. The third-order valence-electron chi connectivity index (χ3n) is 4.57. The summed E-state index contributed by atoms with van der Waals surface area (Å²) in [4.78, 5) is 4.90. The Hall–Kier alpha value is -2.13. The summed E-state index contributed by atoms with van der Waals surface area (Å²) in [5, 5.41) is 3.47. The molecule has 1 aromatic heterocycles. The minimum Gasteiger partial charge on any atom is -0.324 e. The van der Waals surface area contributed by atoms with Gasteiger partial charge in [0.05, 0.1) is 11.0 Å². The lowest BCUT2D eigenvalue weighted by Gasteiger charge is -2.14. The van der Waals surface area contributed by atoms with Crippen molar-refractivity contribution in [3.05, 3.63) is 54.1 Å². The lowest BCUT2D eigenvalue weighted by Crippen LogP contribution is -2.15. The molecule has 3 nitrogen and oxygen atoms in total. The molecule has 3 aromatic rings. The van der Waals surface area contributed by atoms with Crippen LogP contribution in [0.25, 0.3) is 22.4 Å². The van der Waals surface area contributed by atoms with Gasteiger partial charge in [0.15, 0.2) is 0 Å². The van der Waals surface area contributed by atoms with Crippen molar-refractivity contribution >= 4 is 11.0 Å². The zero-order chi connectivity index (χ0) is 14.9. The van der Waals surface area contributed by atoms with Crippen molar-refractivity contribution in [2.24, 2.45) is 5.92 Å². The summed E-state index contributed by atoms with van der Waals surface area (Å²) >= 11 is 0. The molecule has 22 heavy (non-hydrogen) atoms. The number of nitrogens with one attached hydrogen (secondary N) is 1. The number of nitrogens with zero attached hydrogens (tertiary/aromatic N) is 2. The fraction of sp³-hybridized carbons (Fsp3) is 0.316. The van der Waals surface area contributed by atoms with E-state index < -0.39 is 0 Å². The molecule has 1 saturated heterocycles. The number of aromatic nitrogens is 2. The molecule has 1 N–H and O–H groups in total. The van der Waals surface area contributed by atoms with E-state index in [1.807, 2.05) is 0 Å². The molecule has 4 rings (SSSR count). The van der Waals surface area contributed by atoms with Crippen molar-refractivity contribution in [3.63, 3.8) is 0 Å². The number of benzene rings is 2. The number of imidazole rings is 1. The summed E-state index contributed by atoms with van der Waals surface area (Å²) in [6, 6.07) is 17.1. The van der Waals surface area contributed by atoms with Gasteiger partial charge in [-0.2, -0.15) is 0 Å². The highest BCUT2D eigenvalue weighted by Gasteiger charge is 2.19. The number of hydrogen-bond acceptors (Lipinski definition) is 2. The van der Waals surface area contributed by atoms with Crippen LogP contribution in [0.3, 0.4) is 0 Å². The van der Waals surface area contributed by atoms with Crippen molar-refractivity contribution in [1.29, 1.82) is 0 Å². The Balaban J connectivity index is 1.83. The Morgan fingerprint density at radius 3 is 2.73 bits per heavy atom. The Morgan fingerprint density at radius 2 is 1.95 bits per heavy atom. The molecule has 0 saturated carbocycles. The standard InChI is InChI=1S/C19H21N3/c1-14-6-8-16(9-7-14)19-21-17-4-2-3-5-18(17)22(19)13-15-10-11-20-12-15/h2-9,15,20H,10-13H2,1H3/t15-/m0/s1. The highest BCUT2D eigenvalue weighted by atomic mass is 15.1. The molecule has 2 heterocycles. The minimum atomic E-state index is 0.696. The highest BCUT2D eigenvalue weighted by molar-refractivity contribution is 5.80. The van der Waals surface area contributed by atoms with Gasteiger partial charge in [0.1, 0.15) is 5.82 Å². The van der Waals surface area contributed by atoms with E-state index in [9.17, 15) is 0 Å². The van der Waals surface area contributed by atoms with E-state index in [-0.39, 0.29) is 0 Å². The van der Waals surface area contributed by atoms with Crippen LogP contribution in [0, 0.1) is 12.8 Å². The van der Waals surface area contributed by atoms with Gasteiger partial charge in [0.25, 0.3) is 0 Å². The van der Waals surface area contributed by atoms with Crippen molar-refractivity contribution in [2.75, 3.05) is 13.1 Å². The first-order chi connectivity index (χ1) is 10.8. The number of rotatable bonds is 3. The summed E-state index contributed by atoms with van der Waals surface area (Å²) in [6.45, 7) is 5.41. The normalized spacial score (nSPS) is 18.1. The fourth-order valence-corrected chi connectivity index (χ4v) is 3.31. The van der Waals surface area contributed by atoms with Crippen LogP contribution < -0.4 is 5.32 Å². The maximum Gasteiger partial charge on any atom is 0.141 e. The summed E-state index contributed by atoms with van der Waals surface area (Å²) in [6.07, 6.45) is 1.25. The van der Waals surface area contributed by atoms with Crippen LogP contribution in [0.5, 0.6) is 0 Å². The van der Waals surface area contributed by atoms with Gasteiger partial charge in [-0.1, -0.05) is 42.0 Å². The molecule has 0 unspecified atom stereocenters. The van der Waals surface area contributed by atoms with E-state index in [0.717, 1.165) is 31.0 Å². The van der Waals surface area contributed by atoms with Crippen molar-refractivity contribution in [2.45, 2.75) is 19.9 Å². The first kappa shape index (κ1) is 13.5. The van der Waals surface area contributed by atoms with Crippen LogP contribution in [0.4, 0.5) is 0 Å². The Morgan fingerprint density at radius 1 is 1.14 bits per heavy atom. The quantitative estimate of drug-likeness (QED) is 0.798. The van der Waals surface area contributed by atoms with Gasteiger partial charge < -0.3 is 9.88 Å². The molecule has 1 aliphatic heterocycles. The molecule has 1 fully saturated rings. The molecular formula is C19H21N3. The average molecular weight is 291 g/mol. The molecule has 0 spiro atoms. The van der Waals surface area contributed by atoms with Crippen molar-refractivity contribution < 1.29 is 0 Å². The molecule has 112 valence electrons. The Kier molecular flexibility index (Phi) is 3.43. The molecule has 3 heteroatoms. The van der Waals surface area contributed by atoms with Gasteiger partial charge in [-0.25, -0.2) is 4.98 Å². The van der Waals surface area contributed by atoms with Crippen LogP contribution in [-0.4, -0.2) is 22.6 Å². The summed E-state index contributed by atoms with van der Waals surface area (Å²) < 4.78 is 2.40. The minimum absolute atomic E-state index is 0.696. The zero-order valence-corrected chi connectivity index (χ0v) is 12.9. The molecule has 0 radical (unpaired) electrons. The third-order valence-corrected chi connectivity index (χ3v) is 4.57. The second-order valence-electron chi connectivity index (χ2n) is 6.26. The second-order valence-corrected chi connectivity index (χ2v) is 6.26. The molecule has 1 atom stereocenters. The lowest BCUT2D eigenvalue weighted by atomic mass is 10.1. The van der Waals surface area contributed by atoms with Crippen LogP contribution in [0.2, 0.25) is 0 Å². The largest absolute Gasteiger partial charge is 0.324 e. The zero-order valence-electron chi connectivity index (χ0n) is 12.9. The molecular weight excluding hydrogens is 270 g/mol. The first-order valence-electron chi connectivity index (χ1n) is 8.04. The second kappa shape index (κ2) is 5.58. The maximum absolute atomic E-state index is 4.90. The molecule has 2 aromatic carbocycles. The van der Waals surface area contributed by atoms with Crippen molar-refractivity contribution in [1.82, 2.24) is 14.9 Å². The fourth-order valence-electron chi connectivity index (χ4n) is 3.31. The number of fused-ring (bicyclic) bond motifs is 1. The van der Waals surface area contributed by atoms with E-state index in [4.69, 9.17) is 4.98 Å². The predicted octanol–water partition coefficient (Wildman–Crippen LogP) is 3.62. The van der Waals surface area contributed by atoms with Crippen LogP contribution in [0.15, 0.2) is 48.5 Å². The summed E-state index contributed by atoms with van der Waals surface area (Å²) in [5.74, 6) is 1.79. The summed E-state index contributed by atoms with van der Waals surface area (Å²) in [7, 11) is 0. The molecule has 1 aliphatic rings. The van der Waals surface area contributed by atoms with Crippen LogP contribution >= 0.6 is 0 Å².